The van der Waals surface area contributed by atoms with Crippen LogP contribution in [0.1, 0.15) is 0 Å². The van der Waals surface area contributed by atoms with Gasteiger partial charge in [-0.3, -0.25) is 4.21 Å². The molecule has 0 aliphatic rings. The monoisotopic (exact) mass is 150 g/mol. The molecule has 0 heterocycles. The molecule has 7 heavy (non-hydrogen) atoms. The van der Waals surface area contributed by atoms with Gasteiger partial charge in [-0.15, -0.1) is 11.6 Å². The molecular weight excluding hydrogens is 147 g/mol. The third-order valence-corrected chi connectivity index (χ3v) is 1.19. The van der Waals surface area contributed by atoms with Crippen LogP contribution in [0.4, 0.5) is 0 Å². The third kappa shape index (κ3) is 11.1. The van der Waals surface area contributed by atoms with Gasteiger partial charge in [-0.1, -0.05) is 11.1 Å². The number of hydrogen-bond donors (Lipinski definition) is 0. The standard InChI is InChI=1S/C2H5ClO2S.Na/c3-1-2-6(4)5;/h1-2H2,(H,4,5);/q;+1/p-1. The first-order valence-electron chi connectivity index (χ1n) is 1.39. The predicted molar refractivity (Wildman–Crippen MR) is 24.5 cm³/mol. The molecular formula is C2H4ClNaO2S. The van der Waals surface area contributed by atoms with Crippen molar-refractivity contribution < 1.29 is 38.3 Å². The first kappa shape index (κ1) is 11.2. The molecule has 0 fully saturated rings. The Hall–Kier alpha value is 1.40. The smallest absolute Gasteiger partial charge is 0.772 e. The van der Waals surface area contributed by atoms with Crippen molar-refractivity contribution in [3.63, 3.8) is 0 Å². The zero-order valence-corrected chi connectivity index (χ0v) is 7.59. The van der Waals surface area contributed by atoms with E-state index in [0.717, 1.165) is 0 Å². The Labute approximate surface area is 72.2 Å². The van der Waals surface area contributed by atoms with Crippen molar-refractivity contribution in [2.24, 2.45) is 0 Å². The van der Waals surface area contributed by atoms with Crippen molar-refractivity contribution in [3.8, 4) is 0 Å². The zero-order chi connectivity index (χ0) is 4.99. The fourth-order valence-corrected chi connectivity index (χ4v) is 0.567. The van der Waals surface area contributed by atoms with Crippen LogP contribution >= 0.6 is 11.6 Å². The van der Waals surface area contributed by atoms with Crippen LogP contribution in [0.25, 0.3) is 0 Å². The Morgan fingerprint density at radius 3 is 2.14 bits per heavy atom. The van der Waals surface area contributed by atoms with E-state index in [1.807, 2.05) is 0 Å². The van der Waals surface area contributed by atoms with E-state index < -0.39 is 11.1 Å². The van der Waals surface area contributed by atoms with Crippen LogP contribution in [-0.2, 0) is 11.1 Å². The molecule has 0 N–H and O–H groups in total. The molecule has 0 spiro atoms. The van der Waals surface area contributed by atoms with E-state index in [1.54, 1.807) is 0 Å². The Morgan fingerprint density at radius 1 is 1.71 bits per heavy atom. The van der Waals surface area contributed by atoms with Crippen LogP contribution < -0.4 is 29.6 Å². The van der Waals surface area contributed by atoms with Crippen molar-refractivity contribution >= 4 is 22.7 Å². The number of halogens is 1. The number of hydrogen-bond acceptors (Lipinski definition) is 2. The molecule has 0 saturated carbocycles. The van der Waals surface area contributed by atoms with E-state index >= 15 is 0 Å². The first-order chi connectivity index (χ1) is 2.77. The minimum Gasteiger partial charge on any atom is -0.772 e. The fourth-order valence-electron chi connectivity index (χ4n) is 0.0630. The molecule has 0 aliphatic carbocycles. The van der Waals surface area contributed by atoms with Crippen molar-refractivity contribution in [2.75, 3.05) is 11.6 Å². The van der Waals surface area contributed by atoms with Gasteiger partial charge in [0.2, 0.25) is 0 Å². The summed E-state index contributed by atoms with van der Waals surface area (Å²) >= 11 is 3.06. The molecule has 0 aromatic rings. The normalized spacial score (nSPS) is 12.3. The van der Waals surface area contributed by atoms with Crippen LogP contribution in [0.2, 0.25) is 0 Å². The van der Waals surface area contributed by atoms with Gasteiger partial charge in [0.15, 0.2) is 0 Å². The zero-order valence-electron chi connectivity index (χ0n) is 4.02. The summed E-state index contributed by atoms with van der Waals surface area (Å²) in [7, 11) is 0. The minimum atomic E-state index is -1.95. The van der Waals surface area contributed by atoms with Gasteiger partial charge in [-0.25, -0.2) is 0 Å². The van der Waals surface area contributed by atoms with Crippen LogP contribution in [0, 0.1) is 0 Å². The van der Waals surface area contributed by atoms with Gasteiger partial charge in [0.05, 0.1) is 0 Å². The molecule has 38 valence electrons. The molecule has 0 bridgehead atoms. The largest absolute Gasteiger partial charge is 1.00 e. The van der Waals surface area contributed by atoms with Crippen LogP contribution in [0.3, 0.4) is 0 Å². The summed E-state index contributed by atoms with van der Waals surface area (Å²) in [5.74, 6) is 0.248. The second-order valence-electron chi connectivity index (χ2n) is 0.697. The molecule has 2 nitrogen and oxygen atoms in total. The van der Waals surface area contributed by atoms with E-state index in [2.05, 4.69) is 0 Å². The molecule has 5 heteroatoms. The summed E-state index contributed by atoms with van der Waals surface area (Å²) < 4.78 is 19.0. The van der Waals surface area contributed by atoms with E-state index in [1.165, 1.54) is 0 Å². The van der Waals surface area contributed by atoms with E-state index in [4.69, 9.17) is 11.6 Å². The van der Waals surface area contributed by atoms with Gasteiger partial charge in [-0.2, -0.15) is 0 Å². The van der Waals surface area contributed by atoms with Crippen LogP contribution in [0.15, 0.2) is 0 Å². The molecule has 0 aromatic carbocycles. The summed E-state index contributed by atoms with van der Waals surface area (Å²) in [5.41, 5.74) is 0. The maximum Gasteiger partial charge on any atom is 1.00 e. The van der Waals surface area contributed by atoms with Crippen molar-refractivity contribution in [1.29, 1.82) is 0 Å². The van der Waals surface area contributed by atoms with Gasteiger partial charge in [0.1, 0.15) is 0 Å². The van der Waals surface area contributed by atoms with Crippen LogP contribution in [0.5, 0.6) is 0 Å². The summed E-state index contributed by atoms with van der Waals surface area (Å²) in [4.78, 5) is 0. The Kier molecular flexibility index (Phi) is 11.9. The summed E-state index contributed by atoms with van der Waals surface area (Å²) in [6.45, 7) is 0. The van der Waals surface area contributed by atoms with E-state index in [-0.39, 0.29) is 41.2 Å². The van der Waals surface area contributed by atoms with Gasteiger partial charge >= 0.3 is 29.6 Å². The maximum atomic E-state index is 9.51. The Bertz CT molecular complexity index is 59.7. The third-order valence-electron chi connectivity index (χ3n) is 0.244. The van der Waals surface area contributed by atoms with Gasteiger partial charge in [0, 0.05) is 11.6 Å². The Morgan fingerprint density at radius 2 is 2.14 bits per heavy atom. The first-order valence-corrected chi connectivity index (χ1v) is 3.17. The number of rotatable bonds is 2. The maximum absolute atomic E-state index is 9.51. The molecule has 0 amide bonds. The van der Waals surface area contributed by atoms with Crippen molar-refractivity contribution in [3.05, 3.63) is 0 Å². The van der Waals surface area contributed by atoms with Crippen LogP contribution in [-0.4, -0.2) is 20.4 Å². The average Bonchev–Trinajstić information content (AvgIpc) is 1.35. The molecule has 0 radical (unpaired) electrons. The molecule has 0 rings (SSSR count). The summed E-state index contributed by atoms with van der Waals surface area (Å²) in [6.07, 6.45) is 0. The average molecular weight is 151 g/mol. The number of alkyl halides is 1. The molecule has 1 atom stereocenters. The molecule has 0 aliphatic heterocycles. The van der Waals surface area contributed by atoms with Gasteiger partial charge in [-0.05, 0) is 0 Å². The second-order valence-corrected chi connectivity index (χ2v) is 2.09. The van der Waals surface area contributed by atoms with Gasteiger partial charge in [0.25, 0.3) is 0 Å². The van der Waals surface area contributed by atoms with Gasteiger partial charge < -0.3 is 4.55 Å². The van der Waals surface area contributed by atoms with Crippen molar-refractivity contribution in [2.45, 2.75) is 0 Å². The van der Waals surface area contributed by atoms with Crippen molar-refractivity contribution in [1.82, 2.24) is 0 Å². The summed E-state index contributed by atoms with van der Waals surface area (Å²) in [6, 6.07) is 0. The molecule has 1 unspecified atom stereocenters. The van der Waals surface area contributed by atoms with E-state index in [9.17, 15) is 8.76 Å². The van der Waals surface area contributed by atoms with E-state index in [0.29, 0.717) is 0 Å². The SMILES string of the molecule is O=S([O-])CCCl.[Na+]. The Balaban J connectivity index is 0. The summed E-state index contributed by atoms with van der Waals surface area (Å²) in [5, 5.41) is 0. The topological polar surface area (TPSA) is 40.1 Å². The fraction of sp³-hybridized carbons (Fsp3) is 1.00. The molecule has 0 saturated heterocycles. The minimum absolute atomic E-state index is 0. The quantitative estimate of drug-likeness (QED) is 0.241. The second kappa shape index (κ2) is 7.40. The molecule has 0 aromatic heterocycles. The predicted octanol–water partition coefficient (Wildman–Crippen LogP) is -2.89.